The first-order valence-corrected chi connectivity index (χ1v) is 6.84. The van der Waals surface area contributed by atoms with Crippen molar-refractivity contribution in [1.29, 1.82) is 0 Å². The summed E-state index contributed by atoms with van der Waals surface area (Å²) < 4.78 is 10.9. The van der Waals surface area contributed by atoms with Gasteiger partial charge in [0, 0.05) is 5.56 Å². The maximum atomic E-state index is 12.5. The number of anilines is 1. The molecule has 7 heteroatoms. The molecule has 0 bridgehead atoms. The normalized spacial score (nSPS) is 18.2. The number of amides is 1. The quantitative estimate of drug-likeness (QED) is 0.828. The molecule has 1 N–H and O–H groups in total. The average molecular weight is 307 g/mol. The minimum atomic E-state index is -1.15. The molecule has 22 heavy (non-hydrogen) atoms. The van der Waals surface area contributed by atoms with Gasteiger partial charge in [-0.2, -0.15) is 0 Å². The number of carboxylic acids is 1. The van der Waals surface area contributed by atoms with Gasteiger partial charge in [-0.3, -0.25) is 14.5 Å². The van der Waals surface area contributed by atoms with Gasteiger partial charge in [0.05, 0.1) is 12.8 Å². The van der Waals surface area contributed by atoms with Crippen LogP contribution in [0.4, 0.5) is 5.69 Å². The van der Waals surface area contributed by atoms with E-state index in [2.05, 4.69) is 0 Å². The van der Waals surface area contributed by atoms with E-state index in [1.54, 1.807) is 6.92 Å². The molecule has 0 radical (unpaired) electrons. The molecule has 0 saturated carbocycles. The highest BCUT2D eigenvalue weighted by molar-refractivity contribution is 6.05. The Bertz CT molecular complexity index is 627. The summed E-state index contributed by atoms with van der Waals surface area (Å²) in [7, 11) is 1.41. The van der Waals surface area contributed by atoms with E-state index in [9.17, 15) is 19.5 Å². The van der Waals surface area contributed by atoms with Gasteiger partial charge in [0.1, 0.15) is 12.3 Å². The summed E-state index contributed by atoms with van der Waals surface area (Å²) in [6.07, 6.45) is 0.202. The van der Waals surface area contributed by atoms with Crippen LogP contribution < -0.4 is 14.4 Å². The molecule has 0 fully saturated rings. The molecule has 2 rings (SSSR count). The number of ether oxygens (including phenoxy) is 2. The first-order chi connectivity index (χ1) is 10.4. The Morgan fingerprint density at radius 2 is 2.23 bits per heavy atom. The van der Waals surface area contributed by atoms with E-state index in [0.29, 0.717) is 12.7 Å². The van der Waals surface area contributed by atoms with Crippen molar-refractivity contribution in [2.24, 2.45) is 0 Å². The van der Waals surface area contributed by atoms with Gasteiger partial charge < -0.3 is 14.6 Å². The minimum Gasteiger partial charge on any atom is -0.493 e. The summed E-state index contributed by atoms with van der Waals surface area (Å²) in [5.41, 5.74) is 0.496. The lowest BCUT2D eigenvalue weighted by Crippen LogP contribution is -2.52. The number of aliphatic carboxylic acids is 1. The van der Waals surface area contributed by atoms with Crippen molar-refractivity contribution >= 4 is 23.9 Å². The average Bonchev–Trinajstić information content (AvgIpc) is 2.52. The van der Waals surface area contributed by atoms with E-state index in [1.807, 2.05) is 0 Å². The van der Waals surface area contributed by atoms with Crippen LogP contribution in [0.25, 0.3) is 0 Å². The summed E-state index contributed by atoms with van der Waals surface area (Å²) >= 11 is 0. The topological polar surface area (TPSA) is 93.1 Å². The lowest BCUT2D eigenvalue weighted by Gasteiger charge is -2.36. The molecule has 7 nitrogen and oxygen atoms in total. The predicted molar refractivity (Wildman–Crippen MR) is 77.7 cm³/mol. The molecule has 2 atom stereocenters. The van der Waals surface area contributed by atoms with Crippen molar-refractivity contribution in [1.82, 2.24) is 0 Å². The summed E-state index contributed by atoms with van der Waals surface area (Å²) in [4.78, 5) is 36.0. The molecular weight excluding hydrogens is 290 g/mol. The van der Waals surface area contributed by atoms with E-state index < -0.39 is 24.0 Å². The maximum absolute atomic E-state index is 12.5. The SMILES string of the molecule is CCC1Oc2c(OC)cc(C=O)cc2N(C(C)C(=O)O)C1=O. The molecule has 1 heterocycles. The van der Waals surface area contributed by atoms with Gasteiger partial charge in [-0.05, 0) is 25.5 Å². The minimum absolute atomic E-state index is 0.228. The van der Waals surface area contributed by atoms with Gasteiger partial charge in [-0.15, -0.1) is 0 Å². The fraction of sp³-hybridized carbons (Fsp3) is 0.400. The number of benzene rings is 1. The van der Waals surface area contributed by atoms with Crippen LogP contribution in [0.15, 0.2) is 12.1 Å². The number of aldehydes is 1. The second-order valence-corrected chi connectivity index (χ2v) is 4.93. The number of fused-ring (bicyclic) bond motifs is 1. The lowest BCUT2D eigenvalue weighted by atomic mass is 10.1. The van der Waals surface area contributed by atoms with E-state index in [-0.39, 0.29) is 22.7 Å². The Labute approximate surface area is 127 Å². The molecule has 0 aliphatic carbocycles. The summed E-state index contributed by atoms with van der Waals surface area (Å²) in [6.45, 7) is 3.17. The molecule has 1 aromatic rings. The van der Waals surface area contributed by atoms with Gasteiger partial charge in [-0.1, -0.05) is 6.92 Å². The van der Waals surface area contributed by atoms with Crippen LogP contribution in [0.5, 0.6) is 11.5 Å². The molecular formula is C15H17NO6. The number of carbonyl (C=O) groups excluding carboxylic acids is 2. The number of hydrogen-bond donors (Lipinski definition) is 1. The highest BCUT2D eigenvalue weighted by atomic mass is 16.5. The first-order valence-electron chi connectivity index (χ1n) is 6.84. The van der Waals surface area contributed by atoms with Gasteiger partial charge >= 0.3 is 5.97 Å². The molecule has 1 aromatic carbocycles. The molecule has 0 aromatic heterocycles. The second kappa shape index (κ2) is 6.05. The number of rotatable bonds is 5. The monoisotopic (exact) mass is 307 g/mol. The van der Waals surface area contributed by atoms with E-state index in [4.69, 9.17) is 9.47 Å². The summed E-state index contributed by atoms with van der Waals surface area (Å²) in [6, 6.07) is 1.82. The third-order valence-corrected chi connectivity index (χ3v) is 3.56. The van der Waals surface area contributed by atoms with Gasteiger partial charge in [0.25, 0.3) is 5.91 Å². The summed E-state index contributed by atoms with van der Waals surface area (Å²) in [5.74, 6) is -1.04. The van der Waals surface area contributed by atoms with E-state index in [1.165, 1.54) is 26.2 Å². The van der Waals surface area contributed by atoms with Crippen molar-refractivity contribution < 1.29 is 29.0 Å². The van der Waals surface area contributed by atoms with Crippen LogP contribution in [0.2, 0.25) is 0 Å². The zero-order chi connectivity index (χ0) is 16.4. The third-order valence-electron chi connectivity index (χ3n) is 3.56. The number of hydrogen-bond acceptors (Lipinski definition) is 5. The standard InChI is InChI=1S/C15H17NO6/c1-4-11-14(18)16(8(2)15(19)20)10-5-9(7-17)6-12(21-3)13(10)22-11/h5-8,11H,4H2,1-3H3,(H,19,20). The van der Waals surface area contributed by atoms with Crippen molar-refractivity contribution in [3.8, 4) is 11.5 Å². The van der Waals surface area contributed by atoms with E-state index >= 15 is 0 Å². The van der Waals surface area contributed by atoms with Crippen LogP contribution in [-0.2, 0) is 9.59 Å². The van der Waals surface area contributed by atoms with Crippen LogP contribution >= 0.6 is 0 Å². The van der Waals surface area contributed by atoms with Gasteiger partial charge in [0.2, 0.25) is 0 Å². The van der Waals surface area contributed by atoms with Crippen molar-refractivity contribution in [3.63, 3.8) is 0 Å². The zero-order valence-electron chi connectivity index (χ0n) is 12.5. The smallest absolute Gasteiger partial charge is 0.326 e. The Hall–Kier alpha value is -2.57. The van der Waals surface area contributed by atoms with Gasteiger partial charge in [-0.25, -0.2) is 4.79 Å². The number of methoxy groups -OCH3 is 1. The number of carbonyl (C=O) groups is 3. The highest BCUT2D eigenvalue weighted by Gasteiger charge is 2.40. The zero-order valence-corrected chi connectivity index (χ0v) is 12.5. The Morgan fingerprint density at radius 3 is 2.73 bits per heavy atom. The Balaban J connectivity index is 2.67. The van der Waals surface area contributed by atoms with Crippen molar-refractivity contribution in [2.75, 3.05) is 12.0 Å². The fourth-order valence-corrected chi connectivity index (χ4v) is 2.36. The summed E-state index contributed by atoms with van der Waals surface area (Å²) in [5, 5.41) is 9.25. The fourth-order valence-electron chi connectivity index (χ4n) is 2.36. The third kappa shape index (κ3) is 2.49. The van der Waals surface area contributed by atoms with Crippen molar-refractivity contribution in [3.05, 3.63) is 17.7 Å². The first kappa shape index (κ1) is 15.8. The van der Waals surface area contributed by atoms with Crippen LogP contribution in [-0.4, -0.2) is 42.5 Å². The molecule has 0 spiro atoms. The van der Waals surface area contributed by atoms with Crippen molar-refractivity contribution in [2.45, 2.75) is 32.4 Å². The van der Waals surface area contributed by atoms with E-state index in [0.717, 1.165) is 4.90 Å². The molecule has 0 saturated heterocycles. The predicted octanol–water partition coefficient (Wildman–Crippen LogP) is 1.48. The highest BCUT2D eigenvalue weighted by Crippen LogP contribution is 2.43. The van der Waals surface area contributed by atoms with Crippen LogP contribution in [0.1, 0.15) is 30.6 Å². The lowest BCUT2D eigenvalue weighted by molar-refractivity contribution is -0.140. The number of nitrogens with zero attached hydrogens (tertiary/aromatic N) is 1. The van der Waals surface area contributed by atoms with Crippen LogP contribution in [0, 0.1) is 0 Å². The second-order valence-electron chi connectivity index (χ2n) is 4.93. The van der Waals surface area contributed by atoms with Gasteiger partial charge in [0.15, 0.2) is 17.6 Å². The molecule has 118 valence electrons. The molecule has 1 aliphatic rings. The molecule has 1 aliphatic heterocycles. The number of carboxylic acid groups (broad SMARTS) is 1. The van der Waals surface area contributed by atoms with Crippen LogP contribution in [0.3, 0.4) is 0 Å². The molecule has 1 amide bonds. The molecule has 2 unspecified atom stereocenters. The largest absolute Gasteiger partial charge is 0.493 e. The Kier molecular flexibility index (Phi) is 4.35. The Morgan fingerprint density at radius 1 is 1.55 bits per heavy atom. The maximum Gasteiger partial charge on any atom is 0.326 e.